The van der Waals surface area contributed by atoms with E-state index in [-0.39, 0.29) is 0 Å². The minimum Gasteiger partial charge on any atom is -0.355 e. The fourth-order valence-electron chi connectivity index (χ4n) is 4.35. The van der Waals surface area contributed by atoms with Crippen LogP contribution in [0.2, 0.25) is 0 Å². The Balaban J connectivity index is 1.20. The van der Waals surface area contributed by atoms with Gasteiger partial charge in [0.25, 0.3) is 0 Å². The number of rotatable bonds is 5. The SMILES string of the molecule is Cn1cc(-c2cn(Cc3ccc4nc(NC5CCc6ccccc65)sc4c3)cn2)cn1. The molecule has 154 valence electrons. The van der Waals surface area contributed by atoms with Crippen LogP contribution in [0.4, 0.5) is 5.13 Å². The maximum Gasteiger partial charge on any atom is 0.184 e. The third-order valence-electron chi connectivity index (χ3n) is 5.88. The highest BCUT2D eigenvalue weighted by Gasteiger charge is 2.22. The molecule has 1 atom stereocenters. The van der Waals surface area contributed by atoms with Crippen LogP contribution in [0.5, 0.6) is 0 Å². The summed E-state index contributed by atoms with van der Waals surface area (Å²) in [4.78, 5) is 9.35. The second kappa shape index (κ2) is 7.35. The Labute approximate surface area is 184 Å². The molecule has 0 aliphatic heterocycles. The first-order valence-electron chi connectivity index (χ1n) is 10.5. The van der Waals surface area contributed by atoms with Gasteiger partial charge < -0.3 is 9.88 Å². The highest BCUT2D eigenvalue weighted by atomic mass is 32.1. The standard InChI is InChI=1S/C24H22N6S/c1-29-13-18(11-26-29)22-14-30(15-25-22)12-16-6-8-21-23(10-16)31-24(28-21)27-20-9-7-17-4-2-3-5-19(17)20/h2-6,8,10-11,13-15,20H,7,9,12H2,1H3,(H,27,28). The quantitative estimate of drug-likeness (QED) is 0.428. The van der Waals surface area contributed by atoms with Gasteiger partial charge in [-0.1, -0.05) is 41.7 Å². The average molecular weight is 427 g/mol. The van der Waals surface area contributed by atoms with Gasteiger partial charge in [-0.15, -0.1) is 0 Å². The van der Waals surface area contributed by atoms with E-state index in [4.69, 9.17) is 4.98 Å². The molecule has 0 saturated heterocycles. The van der Waals surface area contributed by atoms with Crippen molar-refractivity contribution in [1.82, 2.24) is 24.3 Å². The summed E-state index contributed by atoms with van der Waals surface area (Å²) in [7, 11) is 1.92. The first-order valence-corrected chi connectivity index (χ1v) is 11.3. The van der Waals surface area contributed by atoms with E-state index in [1.165, 1.54) is 21.4 Å². The summed E-state index contributed by atoms with van der Waals surface area (Å²) in [6, 6.07) is 15.6. The molecule has 0 fully saturated rings. The molecule has 1 N–H and O–H groups in total. The lowest BCUT2D eigenvalue weighted by molar-refractivity contribution is 0.761. The second-order valence-corrected chi connectivity index (χ2v) is 9.12. The highest BCUT2D eigenvalue weighted by Crippen LogP contribution is 2.36. The maximum absolute atomic E-state index is 4.82. The molecular weight excluding hydrogens is 404 g/mol. The molecule has 3 aromatic heterocycles. The zero-order valence-electron chi connectivity index (χ0n) is 17.2. The van der Waals surface area contributed by atoms with Crippen LogP contribution in [0.15, 0.2) is 67.4 Å². The number of nitrogens with one attached hydrogen (secondary N) is 1. The Morgan fingerprint density at radius 1 is 1.16 bits per heavy atom. The molecule has 1 aliphatic carbocycles. The van der Waals surface area contributed by atoms with E-state index in [0.29, 0.717) is 6.04 Å². The van der Waals surface area contributed by atoms with Crippen LogP contribution in [0, 0.1) is 0 Å². The van der Waals surface area contributed by atoms with Crippen LogP contribution >= 0.6 is 11.3 Å². The van der Waals surface area contributed by atoms with Crippen molar-refractivity contribution in [2.24, 2.45) is 7.05 Å². The van der Waals surface area contributed by atoms with Crippen LogP contribution in [0.25, 0.3) is 21.5 Å². The molecule has 0 radical (unpaired) electrons. The van der Waals surface area contributed by atoms with Gasteiger partial charge in [0, 0.05) is 31.5 Å². The van der Waals surface area contributed by atoms with Crippen molar-refractivity contribution in [2.75, 3.05) is 5.32 Å². The van der Waals surface area contributed by atoms with E-state index >= 15 is 0 Å². The molecule has 0 amide bonds. The molecular formula is C24H22N6S. The van der Waals surface area contributed by atoms with Crippen LogP contribution in [0.1, 0.15) is 29.2 Å². The fourth-order valence-corrected chi connectivity index (χ4v) is 5.33. The van der Waals surface area contributed by atoms with Crippen LogP contribution in [-0.4, -0.2) is 24.3 Å². The predicted octanol–water partition coefficient (Wildman–Crippen LogP) is 5.04. The number of aromatic nitrogens is 5. The predicted molar refractivity (Wildman–Crippen MR) is 124 cm³/mol. The Morgan fingerprint density at radius 2 is 2.10 bits per heavy atom. The third-order valence-corrected chi connectivity index (χ3v) is 6.83. The molecule has 0 bridgehead atoms. The summed E-state index contributed by atoms with van der Waals surface area (Å²) in [5, 5.41) is 8.89. The summed E-state index contributed by atoms with van der Waals surface area (Å²) in [5.74, 6) is 0. The van der Waals surface area contributed by atoms with Gasteiger partial charge in [0.1, 0.15) is 0 Å². The van der Waals surface area contributed by atoms with Crippen molar-refractivity contribution >= 4 is 26.7 Å². The lowest BCUT2D eigenvalue weighted by atomic mass is 10.1. The summed E-state index contributed by atoms with van der Waals surface area (Å²) in [6.07, 6.45) is 10.0. The number of nitrogens with zero attached hydrogens (tertiary/aromatic N) is 5. The van der Waals surface area contributed by atoms with E-state index in [1.54, 1.807) is 16.0 Å². The Kier molecular flexibility index (Phi) is 4.35. The Bertz CT molecular complexity index is 1380. The van der Waals surface area contributed by atoms with Gasteiger partial charge in [0.05, 0.1) is 34.5 Å². The summed E-state index contributed by atoms with van der Waals surface area (Å²) in [6.45, 7) is 0.778. The van der Waals surface area contributed by atoms with E-state index in [2.05, 4.69) is 68.6 Å². The van der Waals surface area contributed by atoms with Gasteiger partial charge in [-0.25, -0.2) is 9.97 Å². The van der Waals surface area contributed by atoms with Gasteiger partial charge in [-0.3, -0.25) is 4.68 Å². The lowest BCUT2D eigenvalue weighted by Gasteiger charge is -2.12. The van der Waals surface area contributed by atoms with Crippen LogP contribution in [0.3, 0.4) is 0 Å². The monoisotopic (exact) mass is 426 g/mol. The highest BCUT2D eigenvalue weighted by molar-refractivity contribution is 7.22. The average Bonchev–Trinajstić information content (AvgIpc) is 3.55. The molecule has 0 spiro atoms. The summed E-state index contributed by atoms with van der Waals surface area (Å²) >= 11 is 1.73. The van der Waals surface area contributed by atoms with Crippen molar-refractivity contribution in [1.29, 1.82) is 0 Å². The number of aryl methyl sites for hydroxylation is 2. The minimum atomic E-state index is 0.355. The number of thiazole rings is 1. The van der Waals surface area contributed by atoms with Crippen molar-refractivity contribution in [3.63, 3.8) is 0 Å². The zero-order chi connectivity index (χ0) is 20.8. The zero-order valence-corrected chi connectivity index (χ0v) is 18.0. The Hall–Kier alpha value is -3.45. The molecule has 5 aromatic rings. The lowest BCUT2D eigenvalue weighted by Crippen LogP contribution is -2.06. The van der Waals surface area contributed by atoms with Crippen molar-refractivity contribution < 1.29 is 0 Å². The van der Waals surface area contributed by atoms with E-state index in [1.807, 2.05) is 25.8 Å². The van der Waals surface area contributed by atoms with Gasteiger partial charge in [-0.05, 0) is 41.7 Å². The largest absolute Gasteiger partial charge is 0.355 e. The molecule has 6 rings (SSSR count). The van der Waals surface area contributed by atoms with E-state index < -0.39 is 0 Å². The number of fused-ring (bicyclic) bond motifs is 2. The van der Waals surface area contributed by atoms with E-state index in [0.717, 1.165) is 41.3 Å². The molecule has 2 aromatic carbocycles. The van der Waals surface area contributed by atoms with Gasteiger partial charge >= 0.3 is 0 Å². The van der Waals surface area contributed by atoms with Crippen LogP contribution < -0.4 is 5.32 Å². The van der Waals surface area contributed by atoms with Gasteiger partial charge in [0.2, 0.25) is 0 Å². The van der Waals surface area contributed by atoms with Gasteiger partial charge in [-0.2, -0.15) is 5.10 Å². The molecule has 0 saturated carbocycles. The maximum atomic E-state index is 4.82. The number of hydrogen-bond acceptors (Lipinski definition) is 5. The van der Waals surface area contributed by atoms with Crippen LogP contribution in [-0.2, 0) is 20.0 Å². The van der Waals surface area contributed by atoms with Crippen molar-refractivity contribution in [2.45, 2.75) is 25.4 Å². The Morgan fingerprint density at radius 3 is 3.00 bits per heavy atom. The number of anilines is 1. The molecule has 31 heavy (non-hydrogen) atoms. The summed E-state index contributed by atoms with van der Waals surface area (Å²) < 4.78 is 5.11. The minimum absolute atomic E-state index is 0.355. The smallest absolute Gasteiger partial charge is 0.184 e. The number of benzene rings is 2. The first-order chi connectivity index (χ1) is 15.2. The third kappa shape index (κ3) is 3.51. The molecule has 1 unspecified atom stereocenters. The van der Waals surface area contributed by atoms with Crippen molar-refractivity contribution in [3.05, 3.63) is 84.1 Å². The number of imidazole rings is 1. The van der Waals surface area contributed by atoms with E-state index in [9.17, 15) is 0 Å². The molecule has 6 nitrogen and oxygen atoms in total. The fraction of sp³-hybridized carbons (Fsp3) is 0.208. The summed E-state index contributed by atoms with van der Waals surface area (Å²) in [5.41, 5.74) is 7.12. The normalized spacial score (nSPS) is 15.5. The molecule has 1 aliphatic rings. The topological polar surface area (TPSA) is 60.6 Å². The van der Waals surface area contributed by atoms with Crippen molar-refractivity contribution in [3.8, 4) is 11.3 Å². The number of hydrogen-bond donors (Lipinski definition) is 1. The van der Waals surface area contributed by atoms with Gasteiger partial charge in [0.15, 0.2) is 5.13 Å². The first kappa shape index (κ1) is 18.3. The molecule has 7 heteroatoms. The second-order valence-electron chi connectivity index (χ2n) is 8.09. The molecule has 3 heterocycles.